The fourth-order valence-corrected chi connectivity index (χ4v) is 3.69. The fraction of sp³-hybridized carbons (Fsp3) is 0.435. The molecule has 1 fully saturated rings. The second kappa shape index (κ2) is 10.2. The number of hydrogen-bond donors (Lipinski definition) is 1. The highest BCUT2D eigenvalue weighted by Crippen LogP contribution is 2.22. The molecule has 1 heterocycles. The Hall–Kier alpha value is -2.17. The van der Waals surface area contributed by atoms with Crippen LogP contribution in [0.2, 0.25) is 0 Å². The standard InChI is InChI=1S/C23H30N2O2/c1-27-17-14-24-23(26)22-8-5-15-25(16-13-22)18-19-9-11-21(12-10-19)20-6-3-2-4-7-20/h2-4,6-7,9-12,22H,5,8,13-18H2,1H3,(H,24,26). The number of nitrogens with zero attached hydrogens (tertiary/aromatic N) is 1. The first-order valence-corrected chi connectivity index (χ1v) is 9.89. The first kappa shape index (κ1) is 19.6. The number of methoxy groups -OCH3 is 1. The summed E-state index contributed by atoms with van der Waals surface area (Å²) in [5.41, 5.74) is 3.84. The summed E-state index contributed by atoms with van der Waals surface area (Å²) >= 11 is 0. The number of benzene rings is 2. The zero-order chi connectivity index (χ0) is 18.9. The number of amides is 1. The van der Waals surface area contributed by atoms with Crippen LogP contribution in [0, 0.1) is 5.92 Å². The maximum atomic E-state index is 12.3. The van der Waals surface area contributed by atoms with Crippen molar-refractivity contribution >= 4 is 5.91 Å². The molecule has 27 heavy (non-hydrogen) atoms. The van der Waals surface area contributed by atoms with E-state index in [-0.39, 0.29) is 11.8 Å². The van der Waals surface area contributed by atoms with Crippen molar-refractivity contribution in [3.05, 3.63) is 60.2 Å². The van der Waals surface area contributed by atoms with Crippen LogP contribution in [-0.4, -0.2) is 44.2 Å². The summed E-state index contributed by atoms with van der Waals surface area (Å²) in [5, 5.41) is 2.98. The molecular weight excluding hydrogens is 336 g/mol. The number of hydrogen-bond acceptors (Lipinski definition) is 3. The highest BCUT2D eigenvalue weighted by molar-refractivity contribution is 5.78. The number of carbonyl (C=O) groups excluding carboxylic acids is 1. The number of ether oxygens (including phenoxy) is 1. The van der Waals surface area contributed by atoms with E-state index < -0.39 is 0 Å². The monoisotopic (exact) mass is 366 g/mol. The third-order valence-electron chi connectivity index (χ3n) is 5.26. The van der Waals surface area contributed by atoms with E-state index in [1.807, 2.05) is 6.07 Å². The summed E-state index contributed by atoms with van der Waals surface area (Å²) in [7, 11) is 1.65. The minimum absolute atomic E-state index is 0.132. The molecule has 0 aliphatic carbocycles. The summed E-state index contributed by atoms with van der Waals surface area (Å²) in [6, 6.07) is 19.3. The molecule has 1 unspecified atom stereocenters. The molecule has 144 valence electrons. The second-order valence-electron chi connectivity index (χ2n) is 7.25. The summed E-state index contributed by atoms with van der Waals surface area (Å²) in [4.78, 5) is 14.7. The third-order valence-corrected chi connectivity index (χ3v) is 5.26. The molecule has 1 aliphatic rings. The van der Waals surface area contributed by atoms with Crippen molar-refractivity contribution in [2.75, 3.05) is 33.4 Å². The molecule has 0 saturated carbocycles. The molecule has 0 spiro atoms. The van der Waals surface area contributed by atoms with Crippen LogP contribution >= 0.6 is 0 Å². The first-order chi connectivity index (χ1) is 13.3. The lowest BCUT2D eigenvalue weighted by atomic mass is 10.00. The SMILES string of the molecule is COCCNC(=O)C1CCCN(Cc2ccc(-c3ccccc3)cc2)CC1. The average Bonchev–Trinajstić information content (AvgIpc) is 2.95. The largest absolute Gasteiger partial charge is 0.383 e. The van der Waals surface area contributed by atoms with Gasteiger partial charge < -0.3 is 10.1 Å². The quantitative estimate of drug-likeness (QED) is 0.760. The lowest BCUT2D eigenvalue weighted by Crippen LogP contribution is -2.33. The minimum Gasteiger partial charge on any atom is -0.383 e. The Morgan fingerprint density at radius 2 is 1.78 bits per heavy atom. The Morgan fingerprint density at radius 3 is 2.52 bits per heavy atom. The van der Waals surface area contributed by atoms with Crippen molar-refractivity contribution in [3.8, 4) is 11.1 Å². The molecule has 2 aromatic carbocycles. The Bertz CT molecular complexity index is 700. The van der Waals surface area contributed by atoms with E-state index in [4.69, 9.17) is 4.74 Å². The van der Waals surface area contributed by atoms with E-state index in [9.17, 15) is 4.79 Å². The van der Waals surface area contributed by atoms with Crippen molar-refractivity contribution in [2.24, 2.45) is 5.92 Å². The number of carbonyl (C=O) groups is 1. The maximum absolute atomic E-state index is 12.3. The lowest BCUT2D eigenvalue weighted by Gasteiger charge is -2.20. The molecular formula is C23H30N2O2. The molecule has 1 N–H and O–H groups in total. The highest BCUT2D eigenvalue weighted by Gasteiger charge is 2.22. The van der Waals surface area contributed by atoms with Crippen molar-refractivity contribution < 1.29 is 9.53 Å². The van der Waals surface area contributed by atoms with Crippen LogP contribution in [0.4, 0.5) is 0 Å². The number of rotatable bonds is 7. The zero-order valence-corrected chi connectivity index (χ0v) is 16.2. The van der Waals surface area contributed by atoms with Crippen LogP contribution in [-0.2, 0) is 16.1 Å². The van der Waals surface area contributed by atoms with Gasteiger partial charge in [0.15, 0.2) is 0 Å². The normalized spacial score (nSPS) is 18.0. The van der Waals surface area contributed by atoms with Gasteiger partial charge in [-0.15, -0.1) is 0 Å². The fourth-order valence-electron chi connectivity index (χ4n) is 3.69. The molecule has 1 aliphatic heterocycles. The number of likely N-dealkylation sites (tertiary alicyclic amines) is 1. The van der Waals surface area contributed by atoms with E-state index in [1.165, 1.54) is 16.7 Å². The summed E-state index contributed by atoms with van der Waals surface area (Å²) < 4.78 is 5.00. The highest BCUT2D eigenvalue weighted by atomic mass is 16.5. The van der Waals surface area contributed by atoms with Crippen molar-refractivity contribution in [1.29, 1.82) is 0 Å². The topological polar surface area (TPSA) is 41.6 Å². The maximum Gasteiger partial charge on any atom is 0.223 e. The molecule has 1 saturated heterocycles. The number of nitrogens with one attached hydrogen (secondary N) is 1. The van der Waals surface area contributed by atoms with Gasteiger partial charge in [-0.1, -0.05) is 54.6 Å². The molecule has 0 bridgehead atoms. The first-order valence-electron chi connectivity index (χ1n) is 9.89. The van der Waals surface area contributed by atoms with Crippen LogP contribution in [0.3, 0.4) is 0 Å². The molecule has 2 aromatic rings. The summed E-state index contributed by atoms with van der Waals surface area (Å²) in [6.07, 6.45) is 2.98. The third kappa shape index (κ3) is 5.91. The minimum atomic E-state index is 0.132. The Balaban J connectivity index is 1.50. The Morgan fingerprint density at radius 1 is 1.04 bits per heavy atom. The molecule has 1 amide bonds. The van der Waals surface area contributed by atoms with Gasteiger partial charge in [-0.3, -0.25) is 9.69 Å². The zero-order valence-electron chi connectivity index (χ0n) is 16.2. The van der Waals surface area contributed by atoms with Gasteiger partial charge in [0.1, 0.15) is 0 Å². The van der Waals surface area contributed by atoms with E-state index in [2.05, 4.69) is 58.7 Å². The van der Waals surface area contributed by atoms with Crippen molar-refractivity contribution in [3.63, 3.8) is 0 Å². The van der Waals surface area contributed by atoms with Crippen LogP contribution in [0.5, 0.6) is 0 Å². The van der Waals surface area contributed by atoms with E-state index in [0.29, 0.717) is 13.2 Å². The van der Waals surface area contributed by atoms with Gasteiger partial charge in [-0.25, -0.2) is 0 Å². The molecule has 4 nitrogen and oxygen atoms in total. The van der Waals surface area contributed by atoms with Gasteiger partial charge in [-0.05, 0) is 49.0 Å². The second-order valence-corrected chi connectivity index (χ2v) is 7.25. The van der Waals surface area contributed by atoms with Gasteiger partial charge in [-0.2, -0.15) is 0 Å². The predicted octanol–water partition coefficient (Wildman–Crippen LogP) is 3.72. The average molecular weight is 367 g/mol. The molecule has 0 aromatic heterocycles. The molecule has 3 rings (SSSR count). The van der Waals surface area contributed by atoms with Gasteiger partial charge in [0, 0.05) is 26.1 Å². The van der Waals surface area contributed by atoms with Crippen LogP contribution in [0.1, 0.15) is 24.8 Å². The van der Waals surface area contributed by atoms with E-state index in [0.717, 1.165) is 38.9 Å². The van der Waals surface area contributed by atoms with E-state index >= 15 is 0 Å². The van der Waals surface area contributed by atoms with Crippen molar-refractivity contribution in [2.45, 2.75) is 25.8 Å². The van der Waals surface area contributed by atoms with Crippen LogP contribution in [0.25, 0.3) is 11.1 Å². The van der Waals surface area contributed by atoms with Crippen LogP contribution < -0.4 is 5.32 Å². The molecule has 0 radical (unpaired) electrons. The van der Waals surface area contributed by atoms with Crippen LogP contribution in [0.15, 0.2) is 54.6 Å². The van der Waals surface area contributed by atoms with Crippen molar-refractivity contribution in [1.82, 2.24) is 10.2 Å². The van der Waals surface area contributed by atoms with Gasteiger partial charge in [0.25, 0.3) is 0 Å². The smallest absolute Gasteiger partial charge is 0.223 e. The van der Waals surface area contributed by atoms with Gasteiger partial charge >= 0.3 is 0 Å². The van der Waals surface area contributed by atoms with E-state index in [1.54, 1.807) is 7.11 Å². The summed E-state index contributed by atoms with van der Waals surface area (Å²) in [5.74, 6) is 0.313. The Kier molecular flexibility index (Phi) is 7.43. The van der Waals surface area contributed by atoms with Gasteiger partial charge in [0.2, 0.25) is 5.91 Å². The predicted molar refractivity (Wildman–Crippen MR) is 109 cm³/mol. The van der Waals surface area contributed by atoms with Gasteiger partial charge in [0.05, 0.1) is 6.61 Å². The summed E-state index contributed by atoms with van der Waals surface area (Å²) in [6.45, 7) is 4.16. The Labute approximate surface area is 162 Å². The molecule has 4 heteroatoms. The lowest BCUT2D eigenvalue weighted by molar-refractivity contribution is -0.125. The molecule has 1 atom stereocenters.